The predicted molar refractivity (Wildman–Crippen MR) is 58.2 cm³/mol. The van der Waals surface area contributed by atoms with Crippen molar-refractivity contribution in [1.82, 2.24) is 0 Å². The van der Waals surface area contributed by atoms with Crippen molar-refractivity contribution in [2.45, 2.75) is 53.5 Å². The molecule has 15 heavy (non-hydrogen) atoms. The number of nitrogens with zero attached hydrogens (tertiary/aromatic N) is 1. The lowest BCUT2D eigenvalue weighted by Gasteiger charge is -2.34. The SMILES string of the molecule is CC(=O)[O-].CCC(CC)[N+](O)(CC)CC. The van der Waals surface area contributed by atoms with Crippen LogP contribution in [-0.4, -0.2) is 35.0 Å². The fraction of sp³-hybridized carbons (Fsp3) is 0.909. The Kier molecular flexibility index (Phi) is 9.72. The highest BCUT2D eigenvalue weighted by Crippen LogP contribution is 2.15. The summed E-state index contributed by atoms with van der Waals surface area (Å²) in [6.45, 7) is 11.0. The first kappa shape index (κ1) is 16.8. The number of carboxylic acids is 1. The van der Waals surface area contributed by atoms with Gasteiger partial charge < -0.3 is 9.90 Å². The Balaban J connectivity index is 0. The van der Waals surface area contributed by atoms with Gasteiger partial charge >= 0.3 is 0 Å². The largest absolute Gasteiger partial charge is 0.550 e. The molecule has 4 heteroatoms. The first-order chi connectivity index (χ1) is 6.87. The van der Waals surface area contributed by atoms with E-state index in [-0.39, 0.29) is 4.65 Å². The van der Waals surface area contributed by atoms with E-state index in [1.165, 1.54) is 0 Å². The molecular formula is C11H25NO3. The normalized spacial score (nSPS) is 10.9. The number of hydroxylamine groups is 3. The molecule has 0 saturated heterocycles. The maximum atomic E-state index is 10.0. The minimum atomic E-state index is -1.08. The molecule has 0 saturated carbocycles. The van der Waals surface area contributed by atoms with Crippen molar-refractivity contribution in [3.8, 4) is 0 Å². The first-order valence-corrected chi connectivity index (χ1v) is 5.64. The minimum Gasteiger partial charge on any atom is -0.550 e. The third-order valence-electron chi connectivity index (χ3n) is 2.72. The van der Waals surface area contributed by atoms with E-state index >= 15 is 0 Å². The van der Waals surface area contributed by atoms with Gasteiger partial charge in [0.05, 0.1) is 0 Å². The highest BCUT2D eigenvalue weighted by Gasteiger charge is 2.29. The van der Waals surface area contributed by atoms with Crippen LogP contribution in [0.3, 0.4) is 0 Å². The second kappa shape index (κ2) is 8.68. The van der Waals surface area contributed by atoms with E-state index in [0.29, 0.717) is 6.04 Å². The second-order valence-electron chi connectivity index (χ2n) is 3.58. The molecule has 92 valence electrons. The van der Waals surface area contributed by atoms with E-state index < -0.39 is 5.97 Å². The maximum absolute atomic E-state index is 10.0. The summed E-state index contributed by atoms with van der Waals surface area (Å²) in [5, 5.41) is 18.9. The summed E-state index contributed by atoms with van der Waals surface area (Å²) in [6.07, 6.45) is 2.13. The molecule has 0 aliphatic rings. The fourth-order valence-electron chi connectivity index (χ4n) is 1.71. The molecule has 0 radical (unpaired) electrons. The van der Waals surface area contributed by atoms with Gasteiger partial charge in [-0.25, -0.2) is 5.21 Å². The van der Waals surface area contributed by atoms with Crippen LogP contribution in [0, 0.1) is 0 Å². The number of aliphatic carboxylic acids is 1. The Morgan fingerprint density at radius 2 is 1.47 bits per heavy atom. The van der Waals surface area contributed by atoms with Gasteiger partial charge in [0.2, 0.25) is 0 Å². The van der Waals surface area contributed by atoms with Crippen LogP contribution < -0.4 is 5.11 Å². The molecule has 0 aliphatic carbocycles. The highest BCUT2D eigenvalue weighted by molar-refractivity contribution is 5.60. The highest BCUT2D eigenvalue weighted by atomic mass is 16.5. The summed E-state index contributed by atoms with van der Waals surface area (Å²) < 4.78 is 0.243. The topological polar surface area (TPSA) is 60.4 Å². The Morgan fingerprint density at radius 1 is 1.20 bits per heavy atom. The van der Waals surface area contributed by atoms with E-state index in [2.05, 4.69) is 13.8 Å². The van der Waals surface area contributed by atoms with Crippen molar-refractivity contribution < 1.29 is 19.8 Å². The van der Waals surface area contributed by atoms with Crippen molar-refractivity contribution >= 4 is 5.97 Å². The summed E-state index contributed by atoms with van der Waals surface area (Å²) in [7, 11) is 0. The van der Waals surface area contributed by atoms with Gasteiger partial charge in [0.15, 0.2) is 0 Å². The number of quaternary nitrogens is 1. The Bertz CT molecular complexity index is 159. The molecule has 1 N–H and O–H groups in total. The Hall–Kier alpha value is -0.610. The van der Waals surface area contributed by atoms with Crippen molar-refractivity contribution in [1.29, 1.82) is 0 Å². The molecule has 0 spiro atoms. The zero-order valence-electron chi connectivity index (χ0n) is 10.6. The van der Waals surface area contributed by atoms with Gasteiger partial charge in [-0.15, -0.1) is 0 Å². The molecule has 0 bridgehead atoms. The van der Waals surface area contributed by atoms with Gasteiger partial charge in [0.1, 0.15) is 19.1 Å². The Labute approximate surface area is 93.1 Å². The van der Waals surface area contributed by atoms with Crippen LogP contribution in [0.5, 0.6) is 0 Å². The van der Waals surface area contributed by atoms with Gasteiger partial charge in [-0.05, 0) is 33.6 Å². The number of carbonyl (C=O) groups is 1. The number of hydrogen-bond acceptors (Lipinski definition) is 3. The van der Waals surface area contributed by atoms with Crippen molar-refractivity contribution in [2.75, 3.05) is 13.1 Å². The summed E-state index contributed by atoms with van der Waals surface area (Å²) in [6, 6.07) is 0.421. The summed E-state index contributed by atoms with van der Waals surface area (Å²) in [4.78, 5) is 8.89. The predicted octanol–water partition coefficient (Wildman–Crippen LogP) is 1.18. The van der Waals surface area contributed by atoms with Gasteiger partial charge in [-0.1, -0.05) is 13.8 Å². The number of carbonyl (C=O) groups excluding carboxylic acids is 1. The van der Waals surface area contributed by atoms with Gasteiger partial charge in [0, 0.05) is 5.97 Å². The molecule has 0 aromatic carbocycles. The van der Waals surface area contributed by atoms with E-state index in [1.54, 1.807) is 0 Å². The minimum absolute atomic E-state index is 0.243. The van der Waals surface area contributed by atoms with Gasteiger partial charge in [-0.2, -0.15) is 4.65 Å². The van der Waals surface area contributed by atoms with Crippen LogP contribution in [-0.2, 0) is 4.79 Å². The van der Waals surface area contributed by atoms with Crippen molar-refractivity contribution in [3.63, 3.8) is 0 Å². The molecule has 0 aliphatic heterocycles. The summed E-state index contributed by atoms with van der Waals surface area (Å²) >= 11 is 0. The number of rotatable bonds is 5. The molecule has 0 aromatic rings. The van der Waals surface area contributed by atoms with Crippen LogP contribution in [0.4, 0.5) is 0 Å². The molecule has 0 unspecified atom stereocenters. The van der Waals surface area contributed by atoms with Crippen LogP contribution in [0.25, 0.3) is 0 Å². The number of carboxylic acid groups (broad SMARTS) is 1. The van der Waals surface area contributed by atoms with Crippen LogP contribution in [0.2, 0.25) is 0 Å². The average Bonchev–Trinajstić information content (AvgIpc) is 2.18. The molecule has 0 atom stereocenters. The molecular weight excluding hydrogens is 194 g/mol. The molecule has 4 nitrogen and oxygen atoms in total. The lowest BCUT2D eigenvalue weighted by Crippen LogP contribution is -2.52. The lowest BCUT2D eigenvalue weighted by molar-refractivity contribution is -1.12. The molecule has 0 rings (SSSR count). The monoisotopic (exact) mass is 219 g/mol. The van der Waals surface area contributed by atoms with E-state index in [1.807, 2.05) is 13.8 Å². The first-order valence-electron chi connectivity index (χ1n) is 5.64. The van der Waals surface area contributed by atoms with E-state index in [4.69, 9.17) is 9.90 Å². The zero-order chi connectivity index (χ0) is 12.5. The lowest BCUT2D eigenvalue weighted by atomic mass is 10.1. The third-order valence-corrected chi connectivity index (χ3v) is 2.72. The molecule has 0 heterocycles. The fourth-order valence-corrected chi connectivity index (χ4v) is 1.71. The summed E-state index contributed by atoms with van der Waals surface area (Å²) in [5.41, 5.74) is 0. The zero-order valence-corrected chi connectivity index (χ0v) is 10.6. The van der Waals surface area contributed by atoms with Gasteiger partial charge in [-0.3, -0.25) is 0 Å². The molecule has 0 aromatic heterocycles. The smallest absolute Gasteiger partial charge is 0.118 e. The second-order valence-corrected chi connectivity index (χ2v) is 3.58. The Morgan fingerprint density at radius 3 is 1.53 bits per heavy atom. The van der Waals surface area contributed by atoms with E-state index in [0.717, 1.165) is 32.9 Å². The number of hydrogen-bond donors (Lipinski definition) is 1. The van der Waals surface area contributed by atoms with Crippen molar-refractivity contribution in [2.24, 2.45) is 0 Å². The average molecular weight is 219 g/mol. The van der Waals surface area contributed by atoms with Crippen molar-refractivity contribution in [3.05, 3.63) is 0 Å². The maximum Gasteiger partial charge on any atom is 0.118 e. The van der Waals surface area contributed by atoms with Crippen LogP contribution in [0.15, 0.2) is 0 Å². The van der Waals surface area contributed by atoms with Gasteiger partial charge in [0.25, 0.3) is 0 Å². The molecule has 0 fully saturated rings. The third kappa shape index (κ3) is 7.33. The van der Waals surface area contributed by atoms with E-state index in [9.17, 15) is 5.21 Å². The van der Waals surface area contributed by atoms with Crippen LogP contribution in [0.1, 0.15) is 47.5 Å². The van der Waals surface area contributed by atoms with Crippen LogP contribution >= 0.6 is 0 Å². The summed E-state index contributed by atoms with van der Waals surface area (Å²) in [5.74, 6) is -1.08. The molecule has 0 amide bonds. The quantitative estimate of drug-likeness (QED) is 0.558. The standard InChI is InChI=1S/C9H22NO.C2H4O2/c1-5-9(6-2)10(11,7-3)8-4;1-2(3)4/h9,11H,5-8H2,1-4H3;1H3,(H,3,4)/q+1;/p-1.